The topological polar surface area (TPSA) is 87.3 Å². The zero-order valence-corrected chi connectivity index (χ0v) is 10.5. The van der Waals surface area contributed by atoms with Crippen LogP contribution in [0, 0.1) is 0 Å². The van der Waals surface area contributed by atoms with E-state index in [0.717, 1.165) is 12.8 Å². The molecule has 1 unspecified atom stereocenters. The van der Waals surface area contributed by atoms with Crippen molar-refractivity contribution in [3.63, 3.8) is 0 Å². The number of hydrogen-bond acceptors (Lipinski definition) is 4. The fraction of sp³-hybridized carbons (Fsp3) is 0.700. The van der Waals surface area contributed by atoms with Gasteiger partial charge in [-0.2, -0.15) is 12.6 Å². The van der Waals surface area contributed by atoms with E-state index >= 15 is 0 Å². The van der Waals surface area contributed by atoms with E-state index in [1.54, 1.807) is 0 Å². The molecule has 0 radical (unpaired) electrons. The molecule has 17 heavy (non-hydrogen) atoms. The highest BCUT2D eigenvalue weighted by molar-refractivity contribution is 7.80. The fourth-order valence-corrected chi connectivity index (χ4v) is 1.49. The van der Waals surface area contributed by atoms with Crippen LogP contribution in [0.3, 0.4) is 0 Å². The second-order valence-electron chi connectivity index (χ2n) is 4.00. The Morgan fingerprint density at radius 1 is 1.35 bits per heavy atom. The van der Waals surface area contributed by atoms with Crippen LogP contribution < -0.4 is 16.0 Å². The molecule has 0 saturated heterocycles. The van der Waals surface area contributed by atoms with Crippen LogP contribution in [0.5, 0.6) is 0 Å². The maximum absolute atomic E-state index is 11.6. The van der Waals surface area contributed by atoms with E-state index in [2.05, 4.69) is 28.6 Å². The van der Waals surface area contributed by atoms with Crippen molar-refractivity contribution in [1.82, 2.24) is 16.0 Å². The number of nitrogens with one attached hydrogen (secondary N) is 3. The minimum absolute atomic E-state index is 0.0702. The fourth-order valence-electron chi connectivity index (χ4n) is 1.24. The molecule has 0 aromatic carbocycles. The Morgan fingerprint density at radius 2 is 2.00 bits per heavy atom. The van der Waals surface area contributed by atoms with Crippen LogP contribution in [-0.4, -0.2) is 42.1 Å². The van der Waals surface area contributed by atoms with Crippen molar-refractivity contribution in [2.24, 2.45) is 0 Å². The first-order chi connectivity index (χ1) is 8.02. The van der Waals surface area contributed by atoms with Gasteiger partial charge in [-0.15, -0.1) is 0 Å². The van der Waals surface area contributed by atoms with E-state index in [1.165, 1.54) is 6.92 Å². The second kappa shape index (κ2) is 6.48. The second-order valence-corrected chi connectivity index (χ2v) is 4.36. The van der Waals surface area contributed by atoms with Gasteiger partial charge in [0.05, 0.1) is 6.54 Å². The number of thiol groups is 1. The van der Waals surface area contributed by atoms with Crippen LogP contribution in [0.4, 0.5) is 0 Å². The first-order valence-electron chi connectivity index (χ1n) is 5.48. The number of hydrogen-bond donors (Lipinski definition) is 4. The molecule has 0 aromatic heterocycles. The minimum atomic E-state index is -0.704. The van der Waals surface area contributed by atoms with Gasteiger partial charge in [-0.25, -0.2) is 0 Å². The molecular weight excluding hydrogens is 242 g/mol. The molecule has 0 aliphatic heterocycles. The Hall–Kier alpha value is -1.24. The Kier molecular flexibility index (Phi) is 5.27. The molecule has 3 N–H and O–H groups in total. The molecule has 7 heteroatoms. The van der Waals surface area contributed by atoms with Crippen LogP contribution in [0.1, 0.15) is 19.8 Å². The summed E-state index contributed by atoms with van der Waals surface area (Å²) in [6, 6.07) is -0.431. The molecule has 0 aromatic rings. The van der Waals surface area contributed by atoms with Gasteiger partial charge in [-0.05, 0) is 12.8 Å². The van der Waals surface area contributed by atoms with E-state index in [-0.39, 0.29) is 30.2 Å². The molecule has 1 fully saturated rings. The summed E-state index contributed by atoms with van der Waals surface area (Å²) < 4.78 is 0. The van der Waals surface area contributed by atoms with Gasteiger partial charge in [-0.3, -0.25) is 14.4 Å². The molecule has 96 valence electrons. The van der Waals surface area contributed by atoms with Crippen molar-refractivity contribution < 1.29 is 14.4 Å². The first-order valence-corrected chi connectivity index (χ1v) is 6.11. The first kappa shape index (κ1) is 13.8. The molecule has 6 nitrogen and oxygen atoms in total. The molecule has 3 amide bonds. The SMILES string of the molecule is CC(=O)NC(CS)C(=O)NCC(=O)NC1CC1. The van der Waals surface area contributed by atoms with Crippen LogP contribution in [0.15, 0.2) is 0 Å². The molecule has 0 bridgehead atoms. The van der Waals surface area contributed by atoms with Crippen LogP contribution in [0.2, 0.25) is 0 Å². The Morgan fingerprint density at radius 3 is 2.47 bits per heavy atom. The molecule has 0 spiro atoms. The Labute approximate surface area is 105 Å². The largest absolute Gasteiger partial charge is 0.352 e. The zero-order valence-electron chi connectivity index (χ0n) is 9.66. The normalized spacial score (nSPS) is 15.9. The van der Waals surface area contributed by atoms with Crippen molar-refractivity contribution in [3.8, 4) is 0 Å². The third kappa shape index (κ3) is 5.58. The van der Waals surface area contributed by atoms with Gasteiger partial charge in [0.25, 0.3) is 0 Å². The average Bonchev–Trinajstić information content (AvgIpc) is 3.06. The van der Waals surface area contributed by atoms with Crippen molar-refractivity contribution in [2.75, 3.05) is 12.3 Å². The summed E-state index contributed by atoms with van der Waals surface area (Å²) in [5, 5.41) is 7.65. The van der Waals surface area contributed by atoms with E-state index in [1.807, 2.05) is 0 Å². The molecule has 1 atom stereocenters. The van der Waals surface area contributed by atoms with E-state index < -0.39 is 11.9 Å². The summed E-state index contributed by atoms with van der Waals surface area (Å²) in [7, 11) is 0. The van der Waals surface area contributed by atoms with Gasteiger partial charge in [0.1, 0.15) is 6.04 Å². The standard InChI is InChI=1S/C10H17N3O3S/c1-6(14)12-8(5-17)10(16)11-4-9(15)13-7-2-3-7/h7-8,17H,2-5H2,1H3,(H,11,16)(H,12,14)(H,13,15). The lowest BCUT2D eigenvalue weighted by molar-refractivity contribution is -0.129. The number of carbonyl (C=O) groups is 3. The zero-order chi connectivity index (χ0) is 12.8. The van der Waals surface area contributed by atoms with E-state index in [4.69, 9.17) is 0 Å². The van der Waals surface area contributed by atoms with Gasteiger partial charge in [0.15, 0.2) is 0 Å². The summed E-state index contributed by atoms with van der Waals surface area (Å²) in [5.74, 6) is -0.722. The smallest absolute Gasteiger partial charge is 0.243 e. The molecular formula is C10H17N3O3S. The summed E-state index contributed by atoms with van der Waals surface area (Å²) in [4.78, 5) is 33.7. The quantitative estimate of drug-likeness (QED) is 0.453. The van der Waals surface area contributed by atoms with Crippen LogP contribution >= 0.6 is 12.6 Å². The lowest BCUT2D eigenvalue weighted by atomic mass is 10.3. The number of carbonyl (C=O) groups excluding carboxylic acids is 3. The van der Waals surface area contributed by atoms with Gasteiger partial charge < -0.3 is 16.0 Å². The Bertz CT molecular complexity index is 318. The average molecular weight is 259 g/mol. The van der Waals surface area contributed by atoms with E-state index in [0.29, 0.717) is 0 Å². The highest BCUT2D eigenvalue weighted by Crippen LogP contribution is 2.18. The van der Waals surface area contributed by atoms with Crippen LogP contribution in [-0.2, 0) is 14.4 Å². The molecule has 1 aliphatic rings. The van der Waals surface area contributed by atoms with E-state index in [9.17, 15) is 14.4 Å². The Balaban J connectivity index is 2.25. The third-order valence-corrected chi connectivity index (χ3v) is 2.61. The summed E-state index contributed by atoms with van der Waals surface area (Å²) >= 11 is 3.96. The maximum atomic E-state index is 11.6. The molecule has 1 rings (SSSR count). The predicted octanol–water partition coefficient (Wildman–Crippen LogP) is -1.18. The highest BCUT2D eigenvalue weighted by atomic mass is 32.1. The summed E-state index contributed by atoms with van der Waals surface area (Å²) in [6.45, 7) is 1.25. The molecule has 0 heterocycles. The highest BCUT2D eigenvalue weighted by Gasteiger charge is 2.24. The minimum Gasteiger partial charge on any atom is -0.352 e. The lowest BCUT2D eigenvalue weighted by Gasteiger charge is -2.15. The van der Waals surface area contributed by atoms with Crippen molar-refractivity contribution in [1.29, 1.82) is 0 Å². The monoisotopic (exact) mass is 259 g/mol. The predicted molar refractivity (Wildman–Crippen MR) is 65.6 cm³/mol. The number of amides is 3. The van der Waals surface area contributed by atoms with Crippen molar-refractivity contribution in [3.05, 3.63) is 0 Å². The summed E-state index contributed by atoms with van der Waals surface area (Å²) in [5.41, 5.74) is 0. The van der Waals surface area contributed by atoms with Crippen LogP contribution in [0.25, 0.3) is 0 Å². The molecule has 1 aliphatic carbocycles. The van der Waals surface area contributed by atoms with Crippen molar-refractivity contribution in [2.45, 2.75) is 31.8 Å². The summed E-state index contributed by atoms with van der Waals surface area (Å²) in [6.07, 6.45) is 2.01. The van der Waals surface area contributed by atoms with Gasteiger partial charge in [-0.1, -0.05) is 0 Å². The third-order valence-electron chi connectivity index (χ3n) is 2.24. The lowest BCUT2D eigenvalue weighted by Crippen LogP contribution is -2.49. The maximum Gasteiger partial charge on any atom is 0.243 e. The van der Waals surface area contributed by atoms with Gasteiger partial charge in [0, 0.05) is 18.7 Å². The number of rotatable bonds is 6. The van der Waals surface area contributed by atoms with Gasteiger partial charge in [0.2, 0.25) is 17.7 Å². The van der Waals surface area contributed by atoms with Crippen molar-refractivity contribution >= 4 is 30.4 Å². The molecule has 1 saturated carbocycles. The van der Waals surface area contributed by atoms with Gasteiger partial charge >= 0.3 is 0 Å².